The minimum Gasteiger partial charge on any atom is -0.404 e. The number of aromatic nitrogens is 2. The smallest absolute Gasteiger partial charge is 0.254 e. The Bertz CT molecular complexity index is 1510. The molecule has 4 rings (SSSR count). The van der Waals surface area contributed by atoms with Crippen LogP contribution in [0.25, 0.3) is 21.7 Å². The number of aliphatic imine (C=N–C) groups is 1. The highest BCUT2D eigenvalue weighted by atomic mass is 35.5. The molecule has 2 aromatic carbocycles. The average molecular weight is 487 g/mol. The van der Waals surface area contributed by atoms with E-state index in [9.17, 15) is 4.79 Å². The Hall–Kier alpha value is -3.97. The first-order valence-electron chi connectivity index (χ1n) is 11.2. The Kier molecular flexibility index (Phi) is 6.98. The van der Waals surface area contributed by atoms with Crippen LogP contribution in [0.15, 0.2) is 59.4 Å². The summed E-state index contributed by atoms with van der Waals surface area (Å²) >= 11 is 6.37. The molecular weight excluding hydrogens is 460 g/mol. The molecule has 35 heavy (non-hydrogen) atoms. The fraction of sp³-hybridized carbons (Fsp3) is 0.185. The lowest BCUT2D eigenvalue weighted by Crippen LogP contribution is -2.26. The fourth-order valence-electron chi connectivity index (χ4n) is 4.17. The molecule has 0 bridgehead atoms. The zero-order chi connectivity index (χ0) is 25.1. The van der Waals surface area contributed by atoms with Gasteiger partial charge in [-0.25, -0.2) is 9.97 Å². The lowest BCUT2D eigenvalue weighted by molar-refractivity contribution is -0.117. The van der Waals surface area contributed by atoms with E-state index in [0.29, 0.717) is 17.5 Å². The Morgan fingerprint density at radius 3 is 2.71 bits per heavy atom. The predicted molar refractivity (Wildman–Crippen MR) is 143 cm³/mol. The van der Waals surface area contributed by atoms with Gasteiger partial charge in [0.2, 0.25) is 0 Å². The third-order valence-electron chi connectivity index (χ3n) is 6.15. The molecular formula is C27H27ClN6O. The van der Waals surface area contributed by atoms with E-state index in [1.807, 2.05) is 57.2 Å². The molecule has 178 valence electrons. The number of amides is 1. The van der Waals surface area contributed by atoms with Crippen molar-refractivity contribution in [2.24, 2.45) is 10.7 Å². The fourth-order valence-corrected chi connectivity index (χ4v) is 4.37. The largest absolute Gasteiger partial charge is 0.404 e. The number of rotatable bonds is 6. The zero-order valence-electron chi connectivity index (χ0n) is 19.9. The highest BCUT2D eigenvalue weighted by Crippen LogP contribution is 2.28. The number of anilines is 1. The van der Waals surface area contributed by atoms with Gasteiger partial charge in [-0.3, -0.25) is 9.79 Å². The van der Waals surface area contributed by atoms with Crippen molar-refractivity contribution >= 4 is 51.2 Å². The first kappa shape index (κ1) is 24.2. The van der Waals surface area contributed by atoms with Crippen molar-refractivity contribution < 1.29 is 4.79 Å². The van der Waals surface area contributed by atoms with Gasteiger partial charge >= 0.3 is 0 Å². The number of hydrogen-bond donors (Lipinski definition) is 3. The Labute approximate surface area is 208 Å². The molecule has 0 atom stereocenters. The number of nitrogens with two attached hydrogens (primary N) is 2. The number of benzene rings is 2. The molecule has 0 spiro atoms. The number of carbonyl (C=O) groups excluding carboxylic acids is 1. The highest BCUT2D eigenvalue weighted by Gasteiger charge is 2.13. The van der Waals surface area contributed by atoms with Crippen molar-refractivity contribution in [2.45, 2.75) is 33.9 Å². The van der Waals surface area contributed by atoms with Gasteiger partial charge in [-0.15, -0.1) is 0 Å². The van der Waals surface area contributed by atoms with E-state index in [2.05, 4.69) is 20.3 Å². The second-order valence-electron chi connectivity index (χ2n) is 8.45. The number of nitrogen functional groups attached to an aromatic ring is 1. The van der Waals surface area contributed by atoms with Crippen LogP contribution in [0.1, 0.15) is 27.8 Å². The summed E-state index contributed by atoms with van der Waals surface area (Å²) in [6.07, 6.45) is 4.39. The van der Waals surface area contributed by atoms with Gasteiger partial charge in [-0.05, 0) is 66.6 Å². The molecule has 5 N–H and O–H groups in total. The topological polar surface area (TPSA) is 119 Å². The summed E-state index contributed by atoms with van der Waals surface area (Å²) < 4.78 is 0. The van der Waals surface area contributed by atoms with Gasteiger partial charge in [0.05, 0.1) is 17.6 Å². The molecule has 0 radical (unpaired) electrons. The van der Waals surface area contributed by atoms with Gasteiger partial charge in [0, 0.05) is 41.5 Å². The van der Waals surface area contributed by atoms with Crippen molar-refractivity contribution in [3.05, 3.63) is 87.3 Å². The zero-order valence-corrected chi connectivity index (χ0v) is 20.6. The number of fused-ring (bicyclic) bond motifs is 2. The van der Waals surface area contributed by atoms with Crippen LogP contribution in [0.2, 0.25) is 5.15 Å². The van der Waals surface area contributed by atoms with E-state index in [-0.39, 0.29) is 18.0 Å². The number of para-hydroxylation sites is 1. The van der Waals surface area contributed by atoms with Gasteiger partial charge in [-0.1, -0.05) is 29.8 Å². The third kappa shape index (κ3) is 4.95. The molecule has 8 heteroatoms. The molecule has 2 heterocycles. The van der Waals surface area contributed by atoms with Crippen LogP contribution in [0.5, 0.6) is 0 Å². The highest BCUT2D eigenvalue weighted by molar-refractivity contribution is 6.30. The van der Waals surface area contributed by atoms with Crippen LogP contribution in [0.4, 0.5) is 5.82 Å². The first-order valence-corrected chi connectivity index (χ1v) is 11.6. The number of nitrogens with zero attached hydrogens (tertiary/aromatic N) is 3. The first-order chi connectivity index (χ1) is 16.8. The number of aryl methyl sites for hydroxylation is 3. The van der Waals surface area contributed by atoms with Crippen LogP contribution in [-0.4, -0.2) is 22.1 Å². The lowest BCUT2D eigenvalue weighted by atomic mass is 9.96. The molecule has 4 aromatic rings. The summed E-state index contributed by atoms with van der Waals surface area (Å²) in [5.41, 5.74) is 17.8. The van der Waals surface area contributed by atoms with Crippen LogP contribution in [-0.2, 0) is 17.9 Å². The Morgan fingerprint density at radius 1 is 1.14 bits per heavy atom. The molecule has 2 aromatic heterocycles. The molecule has 0 aliphatic heterocycles. The van der Waals surface area contributed by atoms with E-state index >= 15 is 0 Å². The van der Waals surface area contributed by atoms with Gasteiger partial charge in [-0.2, -0.15) is 0 Å². The third-order valence-corrected chi connectivity index (χ3v) is 6.47. The van der Waals surface area contributed by atoms with Gasteiger partial charge in [0.15, 0.2) is 0 Å². The minimum absolute atomic E-state index is 0.259. The van der Waals surface area contributed by atoms with E-state index in [1.54, 1.807) is 6.20 Å². The van der Waals surface area contributed by atoms with Crippen LogP contribution >= 0.6 is 11.6 Å². The Balaban J connectivity index is 1.46. The van der Waals surface area contributed by atoms with E-state index in [0.717, 1.165) is 49.5 Å². The summed E-state index contributed by atoms with van der Waals surface area (Å²) in [5.74, 6) is 0.174. The minimum atomic E-state index is -0.317. The number of nitrogens with one attached hydrogen (secondary N) is 1. The Morgan fingerprint density at radius 2 is 1.94 bits per heavy atom. The summed E-state index contributed by atoms with van der Waals surface area (Å²) in [6, 6.07) is 11.8. The van der Waals surface area contributed by atoms with Gasteiger partial charge in [0.25, 0.3) is 5.91 Å². The maximum absolute atomic E-state index is 12.8. The van der Waals surface area contributed by atoms with Crippen molar-refractivity contribution in [3.63, 3.8) is 0 Å². The van der Waals surface area contributed by atoms with E-state index < -0.39 is 0 Å². The van der Waals surface area contributed by atoms with Crippen molar-refractivity contribution in [3.8, 4) is 0 Å². The lowest BCUT2D eigenvalue weighted by Gasteiger charge is -2.15. The second kappa shape index (κ2) is 10.1. The normalized spacial score (nSPS) is 12.1. The van der Waals surface area contributed by atoms with Crippen molar-refractivity contribution in [1.82, 2.24) is 15.3 Å². The average Bonchev–Trinajstić information content (AvgIpc) is 2.83. The summed E-state index contributed by atoms with van der Waals surface area (Å²) in [5, 5.41) is 6.24. The molecule has 0 saturated carbocycles. The standard InChI is InChI=1S/C27H27ClN6O/c1-15-5-4-6-18-10-19(25(28)34-24(15)18)12-31-13-20(11-29)27(35)33-14-23-16(2)9-22-21(17(23)3)7-8-32-26(22)30/h4-11,13H,12,14,29H2,1-3H3,(H2,30,32)(H,33,35)/b20-11+,31-13?. The van der Waals surface area contributed by atoms with Crippen molar-refractivity contribution in [1.29, 1.82) is 0 Å². The summed E-state index contributed by atoms with van der Waals surface area (Å²) in [4.78, 5) is 25.8. The maximum Gasteiger partial charge on any atom is 0.254 e. The van der Waals surface area contributed by atoms with Crippen molar-refractivity contribution in [2.75, 3.05) is 5.73 Å². The van der Waals surface area contributed by atoms with Crippen LogP contribution < -0.4 is 16.8 Å². The van der Waals surface area contributed by atoms with Crippen LogP contribution in [0.3, 0.4) is 0 Å². The van der Waals surface area contributed by atoms with Gasteiger partial charge < -0.3 is 16.8 Å². The van der Waals surface area contributed by atoms with E-state index in [4.69, 9.17) is 23.1 Å². The van der Waals surface area contributed by atoms with Gasteiger partial charge in [0.1, 0.15) is 11.0 Å². The molecule has 0 aliphatic rings. The number of hydrogen-bond acceptors (Lipinski definition) is 6. The predicted octanol–water partition coefficient (Wildman–Crippen LogP) is 4.67. The maximum atomic E-state index is 12.8. The molecule has 0 unspecified atom stereocenters. The number of carbonyl (C=O) groups is 1. The molecule has 0 aliphatic carbocycles. The SMILES string of the molecule is Cc1cc2c(N)nccc2c(C)c1CNC(=O)/C(C=NCc1cc2cccc(C)c2nc1Cl)=C/N. The molecule has 1 amide bonds. The molecule has 0 fully saturated rings. The van der Waals surface area contributed by atoms with E-state index in [1.165, 1.54) is 12.4 Å². The number of halogens is 1. The van der Waals surface area contributed by atoms with Crippen LogP contribution in [0, 0.1) is 20.8 Å². The second-order valence-corrected chi connectivity index (χ2v) is 8.81. The summed E-state index contributed by atoms with van der Waals surface area (Å²) in [6.45, 7) is 6.62. The molecule has 7 nitrogen and oxygen atoms in total. The quantitative estimate of drug-likeness (QED) is 0.208. The monoisotopic (exact) mass is 486 g/mol. The summed E-state index contributed by atoms with van der Waals surface area (Å²) in [7, 11) is 0. The molecule has 0 saturated heterocycles. The number of pyridine rings is 2.